The monoisotopic (exact) mass is 203 g/mol. The molecule has 0 radical (unpaired) electrons. The van der Waals surface area contributed by atoms with Crippen molar-refractivity contribution in [3.8, 4) is 5.69 Å². The minimum atomic E-state index is -1.02. The number of carboxylic acids is 1. The Hall–Kier alpha value is -2.30. The van der Waals surface area contributed by atoms with E-state index in [-0.39, 0.29) is 5.56 Å². The van der Waals surface area contributed by atoms with Gasteiger partial charge >= 0.3 is 5.97 Å². The molecule has 76 valence electrons. The van der Waals surface area contributed by atoms with Gasteiger partial charge < -0.3 is 10.8 Å². The number of carboxylic acid groups (broad SMARTS) is 1. The number of hydrogen-bond donors (Lipinski definition) is 2. The molecule has 3 N–H and O–H groups in total. The van der Waals surface area contributed by atoms with Crippen molar-refractivity contribution in [2.45, 2.75) is 0 Å². The first-order valence-electron chi connectivity index (χ1n) is 4.32. The summed E-state index contributed by atoms with van der Waals surface area (Å²) in [4.78, 5) is 11.0. The van der Waals surface area contributed by atoms with Crippen LogP contribution in [0.5, 0.6) is 0 Å². The molecule has 5 nitrogen and oxygen atoms in total. The highest BCUT2D eigenvalue weighted by atomic mass is 16.4. The predicted octanol–water partition coefficient (Wildman–Crippen LogP) is 1.15. The van der Waals surface area contributed by atoms with Gasteiger partial charge in [0.2, 0.25) is 0 Å². The fourth-order valence-corrected chi connectivity index (χ4v) is 1.39. The van der Waals surface area contributed by atoms with E-state index in [1.165, 1.54) is 10.7 Å². The molecule has 2 aromatic rings. The number of nitrogen functional groups attached to an aromatic ring is 1. The second-order valence-electron chi connectivity index (χ2n) is 3.00. The number of anilines is 1. The highest BCUT2D eigenvalue weighted by Gasteiger charge is 2.13. The Morgan fingerprint density at radius 3 is 2.80 bits per heavy atom. The van der Waals surface area contributed by atoms with Gasteiger partial charge in [-0.25, -0.2) is 9.48 Å². The Bertz CT molecular complexity index is 491. The molecule has 0 fully saturated rings. The van der Waals surface area contributed by atoms with Gasteiger partial charge in [0.1, 0.15) is 5.69 Å². The number of para-hydroxylation sites is 1. The molecule has 0 saturated carbocycles. The zero-order valence-corrected chi connectivity index (χ0v) is 7.79. The highest BCUT2D eigenvalue weighted by molar-refractivity contribution is 5.94. The maximum absolute atomic E-state index is 11.0. The number of hydrogen-bond acceptors (Lipinski definition) is 3. The number of benzene rings is 1. The standard InChI is InChI=1S/C10H9N3O2/c11-8-4-1-3-7(10(14)15)9(8)13-6-2-5-12-13/h1-6H,11H2,(H,14,15). The average molecular weight is 203 g/mol. The second-order valence-corrected chi connectivity index (χ2v) is 3.00. The molecular formula is C10H9N3O2. The molecule has 15 heavy (non-hydrogen) atoms. The molecular weight excluding hydrogens is 194 g/mol. The van der Waals surface area contributed by atoms with Gasteiger partial charge in [0.25, 0.3) is 0 Å². The maximum Gasteiger partial charge on any atom is 0.337 e. The van der Waals surface area contributed by atoms with Crippen molar-refractivity contribution in [3.63, 3.8) is 0 Å². The lowest BCUT2D eigenvalue weighted by Gasteiger charge is -2.08. The molecule has 0 saturated heterocycles. The third-order valence-electron chi connectivity index (χ3n) is 2.03. The maximum atomic E-state index is 11.0. The van der Waals surface area contributed by atoms with Gasteiger partial charge in [-0.2, -0.15) is 5.10 Å². The van der Waals surface area contributed by atoms with Gasteiger partial charge in [0, 0.05) is 12.4 Å². The predicted molar refractivity (Wildman–Crippen MR) is 54.9 cm³/mol. The molecule has 1 aromatic carbocycles. The van der Waals surface area contributed by atoms with E-state index in [2.05, 4.69) is 5.10 Å². The van der Waals surface area contributed by atoms with E-state index in [4.69, 9.17) is 10.8 Å². The molecule has 0 aliphatic carbocycles. The zero-order chi connectivity index (χ0) is 10.8. The van der Waals surface area contributed by atoms with Gasteiger partial charge in [0.15, 0.2) is 0 Å². The zero-order valence-electron chi connectivity index (χ0n) is 7.79. The van der Waals surface area contributed by atoms with Crippen LogP contribution in [-0.4, -0.2) is 20.9 Å². The Balaban J connectivity index is 2.68. The van der Waals surface area contributed by atoms with Crippen molar-refractivity contribution in [2.75, 3.05) is 5.73 Å². The molecule has 0 atom stereocenters. The smallest absolute Gasteiger partial charge is 0.337 e. The highest BCUT2D eigenvalue weighted by Crippen LogP contribution is 2.20. The lowest BCUT2D eigenvalue weighted by molar-refractivity contribution is 0.0697. The van der Waals surface area contributed by atoms with Crippen LogP contribution in [0.15, 0.2) is 36.7 Å². The quantitative estimate of drug-likeness (QED) is 0.717. The van der Waals surface area contributed by atoms with E-state index in [0.717, 1.165) is 0 Å². The number of carbonyl (C=O) groups is 1. The number of nitrogens with zero attached hydrogens (tertiary/aromatic N) is 2. The molecule has 0 amide bonds. The minimum Gasteiger partial charge on any atom is -0.478 e. The fraction of sp³-hybridized carbons (Fsp3) is 0. The number of aromatic nitrogens is 2. The van der Waals surface area contributed by atoms with Gasteiger partial charge in [-0.15, -0.1) is 0 Å². The van der Waals surface area contributed by atoms with Crippen LogP contribution in [0.1, 0.15) is 10.4 Å². The van der Waals surface area contributed by atoms with Crippen molar-refractivity contribution in [1.29, 1.82) is 0 Å². The number of aromatic carboxylic acids is 1. The summed E-state index contributed by atoms with van der Waals surface area (Å²) in [6, 6.07) is 6.45. The summed E-state index contributed by atoms with van der Waals surface area (Å²) in [7, 11) is 0. The second kappa shape index (κ2) is 3.45. The number of nitrogens with two attached hydrogens (primary N) is 1. The fourth-order valence-electron chi connectivity index (χ4n) is 1.39. The lowest BCUT2D eigenvalue weighted by atomic mass is 10.1. The first-order valence-corrected chi connectivity index (χ1v) is 4.32. The SMILES string of the molecule is Nc1cccc(C(=O)O)c1-n1cccn1. The molecule has 0 spiro atoms. The van der Waals surface area contributed by atoms with Crippen LogP contribution in [0.4, 0.5) is 5.69 Å². The summed E-state index contributed by atoms with van der Waals surface area (Å²) in [5.74, 6) is -1.02. The van der Waals surface area contributed by atoms with Crippen molar-refractivity contribution in [3.05, 3.63) is 42.2 Å². The largest absolute Gasteiger partial charge is 0.478 e. The molecule has 1 heterocycles. The third-order valence-corrected chi connectivity index (χ3v) is 2.03. The first kappa shape index (κ1) is 9.26. The Labute approximate surface area is 85.8 Å². The van der Waals surface area contributed by atoms with Crippen LogP contribution in [0.2, 0.25) is 0 Å². The molecule has 2 rings (SSSR count). The molecule has 1 aromatic heterocycles. The van der Waals surface area contributed by atoms with Gasteiger partial charge in [-0.1, -0.05) is 6.07 Å². The normalized spacial score (nSPS) is 10.1. The van der Waals surface area contributed by atoms with Crippen LogP contribution >= 0.6 is 0 Å². The summed E-state index contributed by atoms with van der Waals surface area (Å²) >= 11 is 0. The van der Waals surface area contributed by atoms with Crippen molar-refractivity contribution in [2.24, 2.45) is 0 Å². The van der Waals surface area contributed by atoms with E-state index < -0.39 is 5.97 Å². The molecule has 0 aliphatic rings. The van der Waals surface area contributed by atoms with E-state index in [0.29, 0.717) is 11.4 Å². The summed E-state index contributed by atoms with van der Waals surface area (Å²) in [6.07, 6.45) is 3.22. The van der Waals surface area contributed by atoms with Crippen molar-refractivity contribution < 1.29 is 9.90 Å². The number of rotatable bonds is 2. The third kappa shape index (κ3) is 1.54. The Morgan fingerprint density at radius 1 is 1.40 bits per heavy atom. The minimum absolute atomic E-state index is 0.138. The van der Waals surface area contributed by atoms with E-state index in [1.54, 1.807) is 30.6 Å². The Kier molecular flexibility index (Phi) is 2.13. The molecule has 0 aliphatic heterocycles. The summed E-state index contributed by atoms with van der Waals surface area (Å²) < 4.78 is 1.44. The molecule has 5 heteroatoms. The Morgan fingerprint density at radius 2 is 2.20 bits per heavy atom. The first-order chi connectivity index (χ1) is 7.20. The van der Waals surface area contributed by atoms with Gasteiger partial charge in [-0.05, 0) is 18.2 Å². The van der Waals surface area contributed by atoms with Gasteiger partial charge in [-0.3, -0.25) is 0 Å². The topological polar surface area (TPSA) is 81.1 Å². The molecule has 0 unspecified atom stereocenters. The van der Waals surface area contributed by atoms with E-state index in [9.17, 15) is 4.79 Å². The molecule has 0 bridgehead atoms. The van der Waals surface area contributed by atoms with Crippen LogP contribution in [0.3, 0.4) is 0 Å². The van der Waals surface area contributed by atoms with Crippen molar-refractivity contribution in [1.82, 2.24) is 9.78 Å². The van der Waals surface area contributed by atoms with Crippen LogP contribution in [0, 0.1) is 0 Å². The van der Waals surface area contributed by atoms with E-state index in [1.807, 2.05) is 0 Å². The summed E-state index contributed by atoms with van der Waals surface area (Å²) in [6.45, 7) is 0. The summed E-state index contributed by atoms with van der Waals surface area (Å²) in [5, 5.41) is 13.0. The van der Waals surface area contributed by atoms with Crippen LogP contribution in [-0.2, 0) is 0 Å². The summed E-state index contributed by atoms with van der Waals surface area (Å²) in [5.41, 5.74) is 6.65. The lowest BCUT2D eigenvalue weighted by Crippen LogP contribution is -2.08. The average Bonchev–Trinajstić information content (AvgIpc) is 2.70. The van der Waals surface area contributed by atoms with Gasteiger partial charge in [0.05, 0.1) is 11.3 Å². The van der Waals surface area contributed by atoms with Crippen LogP contribution in [0.25, 0.3) is 5.69 Å². The van der Waals surface area contributed by atoms with Crippen LogP contribution < -0.4 is 5.73 Å². The van der Waals surface area contributed by atoms with E-state index >= 15 is 0 Å². The van der Waals surface area contributed by atoms with Crippen molar-refractivity contribution >= 4 is 11.7 Å².